The molecule has 30 heavy (non-hydrogen) atoms. The first kappa shape index (κ1) is 23.1. The molecule has 0 unspecified atom stereocenters. The lowest BCUT2D eigenvalue weighted by Gasteiger charge is -2.31. The van der Waals surface area contributed by atoms with Crippen molar-refractivity contribution in [1.29, 1.82) is 0 Å². The van der Waals surface area contributed by atoms with E-state index in [1.54, 1.807) is 18.2 Å². The fraction of sp³-hybridized carbons (Fsp3) is 0.409. The second-order valence-electron chi connectivity index (χ2n) is 7.81. The van der Waals surface area contributed by atoms with Crippen LogP contribution in [-0.2, 0) is 20.6 Å². The molecule has 1 amide bonds. The van der Waals surface area contributed by atoms with Gasteiger partial charge in [0.1, 0.15) is 0 Å². The minimum absolute atomic E-state index is 0.0270. The lowest BCUT2D eigenvalue weighted by Crippen LogP contribution is -2.43. The third-order valence-electron chi connectivity index (χ3n) is 5.51. The summed E-state index contributed by atoms with van der Waals surface area (Å²) in [7, 11) is -3.52. The Bertz CT molecular complexity index is 1000. The van der Waals surface area contributed by atoms with E-state index in [2.05, 4.69) is 5.32 Å². The standard InChI is InChI=1S/C22H26Cl2N2O3S/c1-15-3-5-17(6-4-15)16(2)25-22(27)18-9-11-26(12-10-18)30(28,29)14-19-7-8-20(23)13-21(19)24/h3-8,13,16,18H,9-12,14H2,1-2H3,(H,25,27)/t16-/m1/s1. The summed E-state index contributed by atoms with van der Waals surface area (Å²) >= 11 is 12.0. The van der Waals surface area contributed by atoms with Gasteiger partial charge in [-0.05, 0) is 49.9 Å². The van der Waals surface area contributed by atoms with E-state index in [1.165, 1.54) is 9.87 Å². The highest BCUT2D eigenvalue weighted by molar-refractivity contribution is 7.88. The van der Waals surface area contributed by atoms with Crippen LogP contribution in [0.2, 0.25) is 10.0 Å². The van der Waals surface area contributed by atoms with Gasteiger partial charge in [-0.15, -0.1) is 0 Å². The molecular formula is C22H26Cl2N2O3S. The molecule has 0 bridgehead atoms. The summed E-state index contributed by atoms with van der Waals surface area (Å²) in [5.74, 6) is -0.394. The first-order valence-electron chi connectivity index (χ1n) is 9.94. The number of hydrogen-bond acceptors (Lipinski definition) is 3. The van der Waals surface area contributed by atoms with Crippen molar-refractivity contribution >= 4 is 39.1 Å². The van der Waals surface area contributed by atoms with E-state index < -0.39 is 10.0 Å². The van der Waals surface area contributed by atoms with Crippen LogP contribution < -0.4 is 5.32 Å². The van der Waals surface area contributed by atoms with Crippen molar-refractivity contribution in [3.63, 3.8) is 0 Å². The average molecular weight is 469 g/mol. The number of nitrogens with one attached hydrogen (secondary N) is 1. The first-order valence-corrected chi connectivity index (χ1v) is 12.3. The van der Waals surface area contributed by atoms with E-state index in [4.69, 9.17) is 23.2 Å². The largest absolute Gasteiger partial charge is 0.349 e. The summed E-state index contributed by atoms with van der Waals surface area (Å²) in [5.41, 5.74) is 2.74. The number of halogens is 2. The van der Waals surface area contributed by atoms with Crippen LogP contribution in [-0.4, -0.2) is 31.7 Å². The third-order valence-corrected chi connectivity index (χ3v) is 7.92. The molecule has 0 radical (unpaired) electrons. The Morgan fingerprint density at radius 1 is 1.13 bits per heavy atom. The average Bonchev–Trinajstić information content (AvgIpc) is 2.70. The van der Waals surface area contributed by atoms with Gasteiger partial charge >= 0.3 is 0 Å². The molecule has 1 aliphatic heterocycles. The Hall–Kier alpha value is -1.60. The topological polar surface area (TPSA) is 66.5 Å². The minimum atomic E-state index is -3.52. The molecule has 0 saturated carbocycles. The number of piperidine rings is 1. The van der Waals surface area contributed by atoms with Gasteiger partial charge < -0.3 is 5.32 Å². The highest BCUT2D eigenvalue weighted by Gasteiger charge is 2.32. The van der Waals surface area contributed by atoms with Gasteiger partial charge in [-0.1, -0.05) is 59.1 Å². The molecule has 1 N–H and O–H groups in total. The van der Waals surface area contributed by atoms with Crippen LogP contribution >= 0.6 is 23.2 Å². The molecular weight excluding hydrogens is 443 g/mol. The number of rotatable bonds is 6. The SMILES string of the molecule is Cc1ccc([C@@H](C)NC(=O)C2CCN(S(=O)(=O)Cc3ccc(Cl)cc3Cl)CC2)cc1. The molecule has 2 aromatic rings. The normalized spacial score (nSPS) is 16.9. The zero-order valence-corrected chi connectivity index (χ0v) is 19.4. The number of amides is 1. The summed E-state index contributed by atoms with van der Waals surface area (Å²) in [6, 6.07) is 12.8. The molecule has 5 nitrogen and oxygen atoms in total. The van der Waals surface area contributed by atoms with Gasteiger partial charge in [-0.2, -0.15) is 0 Å². The van der Waals surface area contributed by atoms with Gasteiger partial charge in [-0.25, -0.2) is 12.7 Å². The molecule has 1 saturated heterocycles. The maximum atomic E-state index is 12.8. The number of benzene rings is 2. The van der Waals surface area contributed by atoms with Crippen LogP contribution in [0.15, 0.2) is 42.5 Å². The fourth-order valence-corrected chi connectivity index (χ4v) is 5.74. The first-order chi connectivity index (χ1) is 14.2. The molecule has 1 heterocycles. The van der Waals surface area contributed by atoms with Crippen molar-refractivity contribution in [1.82, 2.24) is 9.62 Å². The van der Waals surface area contributed by atoms with Crippen LogP contribution in [0, 0.1) is 12.8 Å². The van der Waals surface area contributed by atoms with E-state index in [0.29, 0.717) is 41.5 Å². The van der Waals surface area contributed by atoms with Gasteiger partial charge in [-0.3, -0.25) is 4.79 Å². The number of sulfonamides is 1. The molecule has 1 atom stereocenters. The van der Waals surface area contributed by atoms with E-state index in [-0.39, 0.29) is 23.6 Å². The van der Waals surface area contributed by atoms with E-state index in [0.717, 1.165) is 5.56 Å². The molecule has 8 heteroatoms. The van der Waals surface area contributed by atoms with Gasteiger partial charge in [0.05, 0.1) is 11.8 Å². The molecule has 0 aliphatic carbocycles. The quantitative estimate of drug-likeness (QED) is 0.666. The Morgan fingerprint density at radius 2 is 1.77 bits per heavy atom. The van der Waals surface area contributed by atoms with Crippen LogP contribution in [0.3, 0.4) is 0 Å². The Kier molecular flexibility index (Phi) is 7.45. The summed E-state index contributed by atoms with van der Waals surface area (Å²) in [4.78, 5) is 12.7. The van der Waals surface area contributed by atoms with E-state index in [1.807, 2.05) is 38.1 Å². The third kappa shape index (κ3) is 5.76. The fourth-order valence-electron chi connectivity index (χ4n) is 3.59. The van der Waals surface area contributed by atoms with Crippen molar-refractivity contribution in [3.05, 3.63) is 69.2 Å². The molecule has 1 aliphatic rings. The monoisotopic (exact) mass is 468 g/mol. The molecule has 3 rings (SSSR count). The van der Waals surface area contributed by atoms with Crippen LogP contribution in [0.5, 0.6) is 0 Å². The van der Waals surface area contributed by atoms with Gasteiger partial charge in [0.15, 0.2) is 0 Å². The van der Waals surface area contributed by atoms with Crippen LogP contribution in [0.25, 0.3) is 0 Å². The van der Waals surface area contributed by atoms with Crippen LogP contribution in [0.1, 0.15) is 42.5 Å². The van der Waals surface area contributed by atoms with E-state index in [9.17, 15) is 13.2 Å². The number of carbonyl (C=O) groups excluding carboxylic acids is 1. The minimum Gasteiger partial charge on any atom is -0.349 e. The summed E-state index contributed by atoms with van der Waals surface area (Å²) < 4.78 is 27.0. The van der Waals surface area contributed by atoms with Crippen molar-refractivity contribution in [3.8, 4) is 0 Å². The Labute approximate surface area is 188 Å². The number of aryl methyl sites for hydroxylation is 1. The Morgan fingerprint density at radius 3 is 2.37 bits per heavy atom. The van der Waals surface area contributed by atoms with Crippen molar-refractivity contribution in [2.45, 2.75) is 38.5 Å². The Balaban J connectivity index is 1.55. The molecule has 2 aromatic carbocycles. The van der Waals surface area contributed by atoms with Crippen molar-refractivity contribution in [2.24, 2.45) is 5.92 Å². The predicted octanol–water partition coefficient (Wildman–Crippen LogP) is 4.72. The smallest absolute Gasteiger partial charge is 0.223 e. The lowest BCUT2D eigenvalue weighted by atomic mass is 9.96. The number of carbonyl (C=O) groups is 1. The van der Waals surface area contributed by atoms with Crippen molar-refractivity contribution in [2.75, 3.05) is 13.1 Å². The molecule has 1 fully saturated rings. The van der Waals surface area contributed by atoms with Gasteiger partial charge in [0.2, 0.25) is 15.9 Å². The maximum absolute atomic E-state index is 12.8. The van der Waals surface area contributed by atoms with Crippen LogP contribution in [0.4, 0.5) is 0 Å². The zero-order valence-electron chi connectivity index (χ0n) is 17.1. The number of nitrogens with zero attached hydrogens (tertiary/aromatic N) is 1. The summed E-state index contributed by atoms with van der Waals surface area (Å²) in [6.45, 7) is 4.63. The van der Waals surface area contributed by atoms with Gasteiger partial charge in [0.25, 0.3) is 0 Å². The maximum Gasteiger partial charge on any atom is 0.223 e. The second kappa shape index (κ2) is 9.69. The molecule has 0 aromatic heterocycles. The predicted molar refractivity (Wildman–Crippen MR) is 121 cm³/mol. The van der Waals surface area contributed by atoms with Crippen molar-refractivity contribution < 1.29 is 13.2 Å². The summed E-state index contributed by atoms with van der Waals surface area (Å²) in [6.07, 6.45) is 1.00. The summed E-state index contributed by atoms with van der Waals surface area (Å²) in [5, 5.41) is 3.86. The second-order valence-corrected chi connectivity index (χ2v) is 10.6. The molecule has 162 valence electrons. The highest BCUT2D eigenvalue weighted by atomic mass is 35.5. The highest BCUT2D eigenvalue weighted by Crippen LogP contribution is 2.26. The zero-order chi connectivity index (χ0) is 21.9. The molecule has 0 spiro atoms. The van der Waals surface area contributed by atoms with Gasteiger partial charge in [0, 0.05) is 29.1 Å². The number of hydrogen-bond donors (Lipinski definition) is 1. The van der Waals surface area contributed by atoms with E-state index >= 15 is 0 Å². The lowest BCUT2D eigenvalue weighted by molar-refractivity contribution is -0.126.